The highest BCUT2D eigenvalue weighted by atomic mass is 32.2. The fourth-order valence-electron chi connectivity index (χ4n) is 3.17. The molecule has 0 aliphatic heterocycles. The fourth-order valence-corrected chi connectivity index (χ4v) is 5.78. The van der Waals surface area contributed by atoms with Gasteiger partial charge >= 0.3 is 0 Å². The minimum atomic E-state index is -3.43. The SMILES string of the molecule is CCN(CC)S(=O)(=O)c1ccc(CNC(=O)CSC2CCCCC2)cc1. The average Bonchev–Trinajstić information content (AvgIpc) is 2.66. The van der Waals surface area contributed by atoms with E-state index < -0.39 is 10.0 Å². The molecule has 0 radical (unpaired) electrons. The highest BCUT2D eigenvalue weighted by molar-refractivity contribution is 8.00. The average molecular weight is 399 g/mol. The number of rotatable bonds is 9. The molecule has 1 aromatic carbocycles. The van der Waals surface area contributed by atoms with Gasteiger partial charge in [-0.05, 0) is 30.5 Å². The Balaban J connectivity index is 1.82. The van der Waals surface area contributed by atoms with Crippen LogP contribution in [0.5, 0.6) is 0 Å². The lowest BCUT2D eigenvalue weighted by Crippen LogP contribution is -2.30. The summed E-state index contributed by atoms with van der Waals surface area (Å²) in [6.07, 6.45) is 6.33. The van der Waals surface area contributed by atoms with E-state index in [2.05, 4.69) is 5.32 Å². The van der Waals surface area contributed by atoms with Gasteiger partial charge in [-0.3, -0.25) is 4.79 Å². The number of hydrogen-bond acceptors (Lipinski definition) is 4. The van der Waals surface area contributed by atoms with Crippen LogP contribution < -0.4 is 5.32 Å². The van der Waals surface area contributed by atoms with Crippen molar-refractivity contribution in [1.29, 1.82) is 0 Å². The maximum Gasteiger partial charge on any atom is 0.243 e. The molecule has 0 spiro atoms. The smallest absolute Gasteiger partial charge is 0.243 e. The molecular weight excluding hydrogens is 368 g/mol. The van der Waals surface area contributed by atoms with E-state index in [1.165, 1.54) is 36.4 Å². The van der Waals surface area contributed by atoms with E-state index in [0.29, 0.717) is 35.5 Å². The van der Waals surface area contributed by atoms with Crippen molar-refractivity contribution in [1.82, 2.24) is 9.62 Å². The Morgan fingerprint density at radius 2 is 1.73 bits per heavy atom. The molecule has 26 heavy (non-hydrogen) atoms. The van der Waals surface area contributed by atoms with Gasteiger partial charge in [-0.15, -0.1) is 11.8 Å². The fraction of sp³-hybridized carbons (Fsp3) is 0.632. The van der Waals surface area contributed by atoms with Crippen LogP contribution in [0.1, 0.15) is 51.5 Å². The lowest BCUT2D eigenvalue weighted by atomic mass is 10.0. The Morgan fingerprint density at radius 1 is 1.12 bits per heavy atom. The topological polar surface area (TPSA) is 66.5 Å². The zero-order valence-electron chi connectivity index (χ0n) is 15.7. The Labute approximate surface area is 162 Å². The van der Waals surface area contributed by atoms with Crippen LogP contribution in [0.15, 0.2) is 29.2 Å². The predicted molar refractivity (Wildman–Crippen MR) is 108 cm³/mol. The number of sulfonamides is 1. The van der Waals surface area contributed by atoms with Crippen molar-refractivity contribution in [3.05, 3.63) is 29.8 Å². The first-order chi connectivity index (χ1) is 12.5. The second kappa shape index (κ2) is 10.3. The molecule has 5 nitrogen and oxygen atoms in total. The number of nitrogens with one attached hydrogen (secondary N) is 1. The van der Waals surface area contributed by atoms with Gasteiger partial charge in [-0.2, -0.15) is 4.31 Å². The number of hydrogen-bond donors (Lipinski definition) is 1. The van der Waals surface area contributed by atoms with Crippen LogP contribution in [0.4, 0.5) is 0 Å². The molecule has 1 N–H and O–H groups in total. The molecule has 7 heteroatoms. The van der Waals surface area contributed by atoms with E-state index in [1.54, 1.807) is 36.0 Å². The van der Waals surface area contributed by atoms with Crippen LogP contribution in [-0.4, -0.2) is 42.7 Å². The van der Waals surface area contributed by atoms with Gasteiger partial charge < -0.3 is 5.32 Å². The number of nitrogens with zero attached hydrogens (tertiary/aromatic N) is 1. The zero-order chi connectivity index (χ0) is 19.0. The molecule has 1 aliphatic rings. The summed E-state index contributed by atoms with van der Waals surface area (Å²) < 4.78 is 26.4. The van der Waals surface area contributed by atoms with Crippen LogP contribution in [0, 0.1) is 0 Å². The Bertz CT molecular complexity index is 665. The third-order valence-corrected chi connectivity index (χ3v) is 8.19. The van der Waals surface area contributed by atoms with E-state index in [1.807, 2.05) is 13.8 Å². The minimum absolute atomic E-state index is 0.0420. The molecule has 146 valence electrons. The molecule has 1 aromatic rings. The molecule has 0 heterocycles. The van der Waals surface area contributed by atoms with Crippen molar-refractivity contribution in [2.45, 2.75) is 62.6 Å². The lowest BCUT2D eigenvalue weighted by molar-refractivity contribution is -0.118. The van der Waals surface area contributed by atoms with Gasteiger partial charge in [-0.1, -0.05) is 45.2 Å². The first-order valence-electron chi connectivity index (χ1n) is 9.44. The monoisotopic (exact) mass is 398 g/mol. The van der Waals surface area contributed by atoms with Gasteiger partial charge in [0.05, 0.1) is 10.6 Å². The second-order valence-electron chi connectivity index (χ2n) is 6.58. The summed E-state index contributed by atoms with van der Waals surface area (Å²) in [5.74, 6) is 0.541. The summed E-state index contributed by atoms with van der Waals surface area (Å²) in [6.45, 7) is 4.99. The maximum absolute atomic E-state index is 12.5. The van der Waals surface area contributed by atoms with Crippen molar-refractivity contribution < 1.29 is 13.2 Å². The maximum atomic E-state index is 12.5. The summed E-state index contributed by atoms with van der Waals surface area (Å²) in [7, 11) is -3.43. The van der Waals surface area contributed by atoms with Crippen molar-refractivity contribution in [3.8, 4) is 0 Å². The third-order valence-electron chi connectivity index (χ3n) is 4.76. The molecule has 0 saturated heterocycles. The summed E-state index contributed by atoms with van der Waals surface area (Å²) in [5.41, 5.74) is 0.902. The van der Waals surface area contributed by atoms with E-state index in [0.717, 1.165) is 5.56 Å². The number of carbonyl (C=O) groups excluding carboxylic acids is 1. The van der Waals surface area contributed by atoms with Crippen LogP contribution in [0.2, 0.25) is 0 Å². The molecule has 1 fully saturated rings. The van der Waals surface area contributed by atoms with Gasteiger partial charge in [0.25, 0.3) is 0 Å². The van der Waals surface area contributed by atoms with E-state index >= 15 is 0 Å². The first-order valence-corrected chi connectivity index (χ1v) is 11.9. The van der Waals surface area contributed by atoms with Crippen LogP contribution in [0.25, 0.3) is 0 Å². The number of benzene rings is 1. The van der Waals surface area contributed by atoms with Crippen LogP contribution in [0.3, 0.4) is 0 Å². The molecule has 0 unspecified atom stereocenters. The predicted octanol–water partition coefficient (Wildman–Crippen LogP) is 3.40. The molecular formula is C19H30N2O3S2. The summed E-state index contributed by atoms with van der Waals surface area (Å²) in [5, 5.41) is 3.55. The highest BCUT2D eigenvalue weighted by Crippen LogP contribution is 2.27. The number of amides is 1. The number of carbonyl (C=O) groups is 1. The summed E-state index contributed by atoms with van der Waals surface area (Å²) in [4.78, 5) is 12.3. The van der Waals surface area contributed by atoms with Gasteiger partial charge in [0.2, 0.25) is 15.9 Å². The standard InChI is InChI=1S/C19H30N2O3S2/c1-3-21(4-2)26(23,24)18-12-10-16(11-13-18)14-20-19(22)15-25-17-8-6-5-7-9-17/h10-13,17H,3-9,14-15H2,1-2H3,(H,20,22). The number of thioether (sulfide) groups is 1. The van der Waals surface area contributed by atoms with Gasteiger partial charge in [0.15, 0.2) is 0 Å². The largest absolute Gasteiger partial charge is 0.351 e. The molecule has 0 aromatic heterocycles. The Morgan fingerprint density at radius 3 is 2.31 bits per heavy atom. The van der Waals surface area contributed by atoms with Crippen molar-refractivity contribution >= 4 is 27.7 Å². The lowest BCUT2D eigenvalue weighted by Gasteiger charge is -2.20. The van der Waals surface area contributed by atoms with E-state index in [-0.39, 0.29) is 5.91 Å². The van der Waals surface area contributed by atoms with Gasteiger partial charge in [0.1, 0.15) is 0 Å². The van der Waals surface area contributed by atoms with Gasteiger partial charge in [-0.25, -0.2) is 8.42 Å². The molecule has 0 bridgehead atoms. The normalized spacial score (nSPS) is 16.0. The van der Waals surface area contributed by atoms with E-state index in [4.69, 9.17) is 0 Å². The van der Waals surface area contributed by atoms with Gasteiger partial charge in [0, 0.05) is 24.9 Å². The molecule has 2 rings (SSSR count). The molecule has 1 amide bonds. The second-order valence-corrected chi connectivity index (χ2v) is 9.81. The first kappa shape index (κ1) is 21.3. The van der Waals surface area contributed by atoms with Crippen LogP contribution in [-0.2, 0) is 21.4 Å². The quantitative estimate of drug-likeness (QED) is 0.692. The molecule has 1 saturated carbocycles. The van der Waals surface area contributed by atoms with Crippen LogP contribution >= 0.6 is 11.8 Å². The highest BCUT2D eigenvalue weighted by Gasteiger charge is 2.21. The molecule has 1 aliphatic carbocycles. The minimum Gasteiger partial charge on any atom is -0.351 e. The summed E-state index contributed by atoms with van der Waals surface area (Å²) >= 11 is 1.76. The van der Waals surface area contributed by atoms with Crippen molar-refractivity contribution in [3.63, 3.8) is 0 Å². The van der Waals surface area contributed by atoms with E-state index in [9.17, 15) is 13.2 Å². The van der Waals surface area contributed by atoms with Crippen molar-refractivity contribution in [2.75, 3.05) is 18.8 Å². The molecule has 0 atom stereocenters. The van der Waals surface area contributed by atoms with Crippen molar-refractivity contribution in [2.24, 2.45) is 0 Å². The third kappa shape index (κ3) is 5.99. The summed E-state index contributed by atoms with van der Waals surface area (Å²) in [6, 6.07) is 6.77. The zero-order valence-corrected chi connectivity index (χ0v) is 17.4. The Hall–Kier alpha value is -1.05. The Kier molecular flexibility index (Phi) is 8.44.